The molecule has 0 saturated carbocycles. The lowest BCUT2D eigenvalue weighted by Crippen LogP contribution is -2.25. The number of amides is 1. The molecule has 0 saturated heterocycles. The van der Waals surface area contributed by atoms with Gasteiger partial charge in [-0.25, -0.2) is 0 Å². The molecular formula is C13H17F2NO2. The van der Waals surface area contributed by atoms with Gasteiger partial charge in [0.15, 0.2) is 0 Å². The predicted octanol–water partition coefficient (Wildman–Crippen LogP) is 3.21. The van der Waals surface area contributed by atoms with Gasteiger partial charge in [-0.2, -0.15) is 8.78 Å². The highest BCUT2D eigenvalue weighted by Crippen LogP contribution is 2.19. The highest BCUT2D eigenvalue weighted by Gasteiger charge is 2.14. The average Bonchev–Trinajstić information content (AvgIpc) is 2.34. The summed E-state index contributed by atoms with van der Waals surface area (Å²) >= 11 is 0. The molecule has 0 aliphatic carbocycles. The van der Waals surface area contributed by atoms with Gasteiger partial charge in [0.1, 0.15) is 5.75 Å². The zero-order valence-electron chi connectivity index (χ0n) is 10.3. The fourth-order valence-corrected chi connectivity index (χ4v) is 1.53. The quantitative estimate of drug-likeness (QED) is 0.762. The van der Waals surface area contributed by atoms with Crippen LogP contribution in [0.4, 0.5) is 8.78 Å². The Morgan fingerprint density at radius 3 is 2.72 bits per heavy atom. The Hall–Kier alpha value is -1.65. The smallest absolute Gasteiger partial charge is 0.387 e. The lowest BCUT2D eigenvalue weighted by Gasteiger charge is -2.10. The molecule has 5 heteroatoms. The third kappa shape index (κ3) is 4.69. The molecule has 1 aromatic carbocycles. The lowest BCUT2D eigenvalue weighted by molar-refractivity contribution is -0.0501. The number of alkyl halides is 2. The van der Waals surface area contributed by atoms with Crippen molar-refractivity contribution in [3.05, 3.63) is 29.8 Å². The number of carbonyl (C=O) groups excluding carboxylic acids is 1. The third-order valence-corrected chi connectivity index (χ3v) is 2.41. The summed E-state index contributed by atoms with van der Waals surface area (Å²) < 4.78 is 28.6. The van der Waals surface area contributed by atoms with E-state index in [0.29, 0.717) is 6.54 Å². The number of ether oxygens (including phenoxy) is 1. The molecule has 0 atom stereocenters. The number of halogens is 2. The largest absolute Gasteiger partial charge is 0.434 e. The molecule has 100 valence electrons. The van der Waals surface area contributed by atoms with E-state index >= 15 is 0 Å². The van der Waals surface area contributed by atoms with Gasteiger partial charge < -0.3 is 10.1 Å². The lowest BCUT2D eigenvalue weighted by atomic mass is 10.2. The second-order valence-electron chi connectivity index (χ2n) is 3.84. The van der Waals surface area contributed by atoms with Crippen LogP contribution in [-0.2, 0) is 0 Å². The van der Waals surface area contributed by atoms with E-state index < -0.39 is 6.61 Å². The molecule has 1 aromatic rings. The zero-order chi connectivity index (χ0) is 13.4. The Balaban J connectivity index is 2.61. The molecule has 0 fully saturated rings. The standard InChI is InChI=1S/C13H17F2NO2/c1-2-3-6-9-16-12(17)10-7-4-5-8-11(10)18-13(14)15/h4-5,7-8,13H,2-3,6,9H2,1H3,(H,16,17). The number of para-hydroxylation sites is 1. The summed E-state index contributed by atoms with van der Waals surface area (Å²) in [6.45, 7) is -0.331. The highest BCUT2D eigenvalue weighted by molar-refractivity contribution is 5.96. The number of hydrogen-bond donors (Lipinski definition) is 1. The van der Waals surface area contributed by atoms with Crippen LogP contribution in [0.3, 0.4) is 0 Å². The summed E-state index contributed by atoms with van der Waals surface area (Å²) in [5.41, 5.74) is 0.134. The van der Waals surface area contributed by atoms with Gasteiger partial charge >= 0.3 is 6.61 Å². The van der Waals surface area contributed by atoms with E-state index in [9.17, 15) is 13.6 Å². The van der Waals surface area contributed by atoms with E-state index in [1.165, 1.54) is 12.1 Å². The molecule has 0 aromatic heterocycles. The van der Waals surface area contributed by atoms with Crippen molar-refractivity contribution in [1.82, 2.24) is 5.32 Å². The maximum Gasteiger partial charge on any atom is 0.387 e. The first-order chi connectivity index (χ1) is 8.65. The topological polar surface area (TPSA) is 38.3 Å². The van der Waals surface area contributed by atoms with Crippen molar-refractivity contribution in [1.29, 1.82) is 0 Å². The van der Waals surface area contributed by atoms with Crippen LogP contribution in [0.25, 0.3) is 0 Å². The van der Waals surface area contributed by atoms with E-state index in [4.69, 9.17) is 0 Å². The van der Waals surface area contributed by atoms with Crippen LogP contribution in [0.15, 0.2) is 24.3 Å². The minimum atomic E-state index is -2.93. The second-order valence-corrected chi connectivity index (χ2v) is 3.84. The molecule has 0 bridgehead atoms. The van der Waals surface area contributed by atoms with Crippen molar-refractivity contribution in [3.8, 4) is 5.75 Å². The second kappa shape index (κ2) is 7.63. The van der Waals surface area contributed by atoms with Crippen LogP contribution in [-0.4, -0.2) is 19.1 Å². The molecule has 1 rings (SSSR count). The molecule has 1 amide bonds. The van der Waals surface area contributed by atoms with E-state index in [-0.39, 0.29) is 17.2 Å². The Labute approximate surface area is 105 Å². The minimum Gasteiger partial charge on any atom is -0.434 e. The van der Waals surface area contributed by atoms with Gasteiger partial charge in [-0.05, 0) is 18.6 Å². The monoisotopic (exact) mass is 257 g/mol. The summed E-state index contributed by atoms with van der Waals surface area (Å²) in [5, 5.41) is 2.68. The molecule has 0 radical (unpaired) electrons. The maximum atomic E-state index is 12.2. The van der Waals surface area contributed by atoms with Gasteiger partial charge in [0.2, 0.25) is 0 Å². The van der Waals surface area contributed by atoms with Crippen LogP contribution in [0, 0.1) is 0 Å². The highest BCUT2D eigenvalue weighted by atomic mass is 19.3. The Morgan fingerprint density at radius 2 is 2.06 bits per heavy atom. The first-order valence-electron chi connectivity index (χ1n) is 5.97. The number of nitrogens with one attached hydrogen (secondary N) is 1. The van der Waals surface area contributed by atoms with Crippen molar-refractivity contribution >= 4 is 5.91 Å². The SMILES string of the molecule is CCCCCNC(=O)c1ccccc1OC(F)F. The Bertz CT molecular complexity index is 383. The molecule has 0 spiro atoms. The van der Waals surface area contributed by atoms with E-state index in [2.05, 4.69) is 17.0 Å². The van der Waals surface area contributed by atoms with Crippen molar-refractivity contribution in [2.24, 2.45) is 0 Å². The Kier molecular flexibility index (Phi) is 6.11. The Morgan fingerprint density at radius 1 is 1.33 bits per heavy atom. The zero-order valence-corrected chi connectivity index (χ0v) is 10.3. The molecule has 0 heterocycles. The number of rotatable bonds is 7. The summed E-state index contributed by atoms with van der Waals surface area (Å²) in [4.78, 5) is 11.8. The molecule has 0 aliphatic rings. The van der Waals surface area contributed by atoms with Gasteiger partial charge in [0.05, 0.1) is 5.56 Å². The molecular weight excluding hydrogens is 240 g/mol. The fraction of sp³-hybridized carbons (Fsp3) is 0.462. The summed E-state index contributed by atoms with van der Waals surface area (Å²) in [5.74, 6) is -0.483. The van der Waals surface area contributed by atoms with Crippen molar-refractivity contribution < 1.29 is 18.3 Å². The van der Waals surface area contributed by atoms with Crippen LogP contribution < -0.4 is 10.1 Å². The maximum absolute atomic E-state index is 12.2. The van der Waals surface area contributed by atoms with Gasteiger partial charge in [0, 0.05) is 6.54 Å². The van der Waals surface area contributed by atoms with Crippen LogP contribution in [0.1, 0.15) is 36.5 Å². The predicted molar refractivity (Wildman–Crippen MR) is 64.9 cm³/mol. The van der Waals surface area contributed by atoms with E-state index in [1.807, 2.05) is 0 Å². The molecule has 18 heavy (non-hydrogen) atoms. The van der Waals surface area contributed by atoms with Crippen molar-refractivity contribution in [2.45, 2.75) is 32.8 Å². The van der Waals surface area contributed by atoms with E-state index in [0.717, 1.165) is 19.3 Å². The normalized spacial score (nSPS) is 10.4. The summed E-state index contributed by atoms with van der Waals surface area (Å²) in [6, 6.07) is 5.98. The van der Waals surface area contributed by atoms with Crippen LogP contribution in [0.2, 0.25) is 0 Å². The van der Waals surface area contributed by atoms with Gasteiger partial charge in [-0.1, -0.05) is 31.9 Å². The van der Waals surface area contributed by atoms with Crippen LogP contribution in [0.5, 0.6) is 5.75 Å². The summed E-state index contributed by atoms with van der Waals surface area (Å²) in [6.07, 6.45) is 2.95. The molecule has 1 N–H and O–H groups in total. The third-order valence-electron chi connectivity index (χ3n) is 2.41. The molecule has 3 nitrogen and oxygen atoms in total. The minimum absolute atomic E-state index is 0.0968. The van der Waals surface area contributed by atoms with Crippen molar-refractivity contribution in [3.63, 3.8) is 0 Å². The van der Waals surface area contributed by atoms with Gasteiger partial charge in [-0.15, -0.1) is 0 Å². The van der Waals surface area contributed by atoms with Gasteiger partial charge in [-0.3, -0.25) is 4.79 Å². The fourth-order valence-electron chi connectivity index (χ4n) is 1.53. The molecule has 0 aliphatic heterocycles. The van der Waals surface area contributed by atoms with Crippen LogP contribution >= 0.6 is 0 Å². The number of unbranched alkanes of at least 4 members (excludes halogenated alkanes) is 2. The van der Waals surface area contributed by atoms with E-state index in [1.54, 1.807) is 12.1 Å². The average molecular weight is 257 g/mol. The number of carbonyl (C=O) groups is 1. The summed E-state index contributed by atoms with van der Waals surface area (Å²) in [7, 11) is 0. The first-order valence-corrected chi connectivity index (χ1v) is 5.97. The van der Waals surface area contributed by atoms with Crippen molar-refractivity contribution in [2.75, 3.05) is 6.54 Å². The number of hydrogen-bond acceptors (Lipinski definition) is 2. The van der Waals surface area contributed by atoms with Gasteiger partial charge in [0.25, 0.3) is 5.91 Å². The molecule has 0 unspecified atom stereocenters. The number of benzene rings is 1. The first kappa shape index (κ1) is 14.4.